The lowest BCUT2D eigenvalue weighted by molar-refractivity contribution is 0.282. The summed E-state index contributed by atoms with van der Waals surface area (Å²) >= 11 is 0. The van der Waals surface area contributed by atoms with Gasteiger partial charge >= 0.3 is 0 Å². The molecule has 0 saturated carbocycles. The van der Waals surface area contributed by atoms with E-state index in [1.165, 1.54) is 0 Å². The van der Waals surface area contributed by atoms with Crippen LogP contribution in [0.2, 0.25) is 0 Å². The maximum absolute atomic E-state index is 9.52. The van der Waals surface area contributed by atoms with Crippen LogP contribution in [0.4, 0.5) is 0 Å². The second kappa shape index (κ2) is 4.27. The highest BCUT2D eigenvalue weighted by molar-refractivity contribution is 5.71. The van der Waals surface area contributed by atoms with E-state index >= 15 is 0 Å². The summed E-state index contributed by atoms with van der Waals surface area (Å²) in [5.74, 6) is 0. The maximum Gasteiger partial charge on any atom is 0.0703 e. The molecule has 0 aromatic carbocycles. The monoisotopic (exact) mass is 238 g/mol. The second-order valence-corrected chi connectivity index (χ2v) is 4.36. The van der Waals surface area contributed by atoms with Crippen LogP contribution in [-0.2, 0) is 6.61 Å². The lowest BCUT2D eigenvalue weighted by atomic mass is 10.1. The zero-order valence-electron chi connectivity index (χ0n) is 10.2. The minimum absolute atomic E-state index is 0.0401. The van der Waals surface area contributed by atoms with Crippen molar-refractivity contribution in [2.75, 3.05) is 0 Å². The minimum atomic E-state index is 0.0401. The zero-order valence-corrected chi connectivity index (χ0v) is 10.2. The standard InChI is InChI=1S/C15H14N2O/c1-11-8-12(5-6-16-11)15-13(10-18)9-14-4-2-3-7-17(14)15/h2-9,18H,10H2,1H3. The molecule has 0 bridgehead atoms. The number of aromatic nitrogens is 2. The topological polar surface area (TPSA) is 37.5 Å². The summed E-state index contributed by atoms with van der Waals surface area (Å²) in [5, 5.41) is 9.52. The molecule has 3 heteroatoms. The van der Waals surface area contributed by atoms with Crippen LogP contribution >= 0.6 is 0 Å². The molecule has 90 valence electrons. The number of hydrogen-bond donors (Lipinski definition) is 1. The Bertz CT molecular complexity index is 701. The van der Waals surface area contributed by atoms with E-state index < -0.39 is 0 Å². The van der Waals surface area contributed by atoms with Gasteiger partial charge in [-0.3, -0.25) is 4.98 Å². The molecule has 0 amide bonds. The van der Waals surface area contributed by atoms with Gasteiger partial charge in [-0.25, -0.2) is 0 Å². The van der Waals surface area contributed by atoms with Crippen molar-refractivity contribution in [1.29, 1.82) is 0 Å². The molecule has 3 rings (SSSR count). The van der Waals surface area contributed by atoms with Gasteiger partial charge in [0.1, 0.15) is 0 Å². The molecule has 0 saturated heterocycles. The van der Waals surface area contributed by atoms with Gasteiger partial charge in [0.2, 0.25) is 0 Å². The van der Waals surface area contributed by atoms with E-state index in [2.05, 4.69) is 9.38 Å². The van der Waals surface area contributed by atoms with Gasteiger partial charge in [-0.1, -0.05) is 6.07 Å². The Morgan fingerprint density at radius 1 is 1.22 bits per heavy atom. The highest BCUT2D eigenvalue weighted by Crippen LogP contribution is 2.27. The van der Waals surface area contributed by atoms with Gasteiger partial charge in [0.15, 0.2) is 0 Å². The predicted molar refractivity (Wildman–Crippen MR) is 71.3 cm³/mol. The van der Waals surface area contributed by atoms with E-state index in [1.54, 1.807) is 6.20 Å². The first-order chi connectivity index (χ1) is 8.79. The van der Waals surface area contributed by atoms with E-state index in [-0.39, 0.29) is 6.61 Å². The fourth-order valence-corrected chi connectivity index (χ4v) is 2.32. The van der Waals surface area contributed by atoms with Crippen LogP contribution in [0.15, 0.2) is 48.8 Å². The molecular weight excluding hydrogens is 224 g/mol. The first-order valence-electron chi connectivity index (χ1n) is 5.92. The van der Waals surface area contributed by atoms with Crippen LogP contribution in [0.25, 0.3) is 16.8 Å². The fraction of sp³-hybridized carbons (Fsp3) is 0.133. The van der Waals surface area contributed by atoms with Crippen molar-refractivity contribution in [3.05, 3.63) is 60.0 Å². The number of rotatable bonds is 2. The summed E-state index contributed by atoms with van der Waals surface area (Å²) in [5.41, 5.74) is 5.12. The van der Waals surface area contributed by atoms with Crippen molar-refractivity contribution < 1.29 is 5.11 Å². The molecule has 0 aliphatic heterocycles. The molecule has 0 fully saturated rings. The summed E-state index contributed by atoms with van der Waals surface area (Å²) in [6, 6.07) is 12.1. The first-order valence-corrected chi connectivity index (χ1v) is 5.92. The summed E-state index contributed by atoms with van der Waals surface area (Å²) in [6.45, 7) is 2.01. The number of aryl methyl sites for hydroxylation is 1. The van der Waals surface area contributed by atoms with Crippen molar-refractivity contribution in [1.82, 2.24) is 9.38 Å². The van der Waals surface area contributed by atoms with Crippen LogP contribution in [0.1, 0.15) is 11.3 Å². The van der Waals surface area contributed by atoms with Gasteiger partial charge in [0.25, 0.3) is 0 Å². The second-order valence-electron chi connectivity index (χ2n) is 4.36. The Morgan fingerprint density at radius 2 is 2.11 bits per heavy atom. The van der Waals surface area contributed by atoms with Crippen molar-refractivity contribution >= 4 is 5.52 Å². The molecule has 0 unspecified atom stereocenters. The Hall–Kier alpha value is -2.13. The highest BCUT2D eigenvalue weighted by atomic mass is 16.3. The number of pyridine rings is 2. The molecule has 18 heavy (non-hydrogen) atoms. The maximum atomic E-state index is 9.52. The van der Waals surface area contributed by atoms with E-state index in [0.29, 0.717) is 0 Å². The number of aliphatic hydroxyl groups is 1. The van der Waals surface area contributed by atoms with Gasteiger partial charge in [-0.15, -0.1) is 0 Å². The molecule has 1 N–H and O–H groups in total. The lowest BCUT2D eigenvalue weighted by Gasteiger charge is -2.06. The summed E-state index contributed by atoms with van der Waals surface area (Å²) in [6.07, 6.45) is 3.81. The van der Waals surface area contributed by atoms with Gasteiger partial charge in [-0.2, -0.15) is 0 Å². The van der Waals surface area contributed by atoms with E-state index in [9.17, 15) is 5.11 Å². The Balaban J connectivity index is 2.33. The molecule has 0 radical (unpaired) electrons. The average Bonchev–Trinajstić information content (AvgIpc) is 2.77. The molecular formula is C15H14N2O. The van der Waals surface area contributed by atoms with Crippen LogP contribution < -0.4 is 0 Å². The molecule has 0 aliphatic carbocycles. The number of nitrogens with zero attached hydrogens (tertiary/aromatic N) is 2. The summed E-state index contributed by atoms with van der Waals surface area (Å²) < 4.78 is 2.10. The first kappa shape index (κ1) is 11.0. The van der Waals surface area contributed by atoms with Gasteiger partial charge in [0.05, 0.1) is 12.3 Å². The van der Waals surface area contributed by atoms with Crippen molar-refractivity contribution in [3.63, 3.8) is 0 Å². The largest absolute Gasteiger partial charge is 0.392 e. The summed E-state index contributed by atoms with van der Waals surface area (Å²) in [4.78, 5) is 4.21. The number of fused-ring (bicyclic) bond motifs is 1. The van der Waals surface area contributed by atoms with Gasteiger partial charge in [-0.05, 0) is 37.3 Å². The van der Waals surface area contributed by atoms with E-state index in [0.717, 1.165) is 28.0 Å². The van der Waals surface area contributed by atoms with Crippen LogP contribution in [0.5, 0.6) is 0 Å². The average molecular weight is 238 g/mol. The molecule has 3 heterocycles. The van der Waals surface area contributed by atoms with Crippen molar-refractivity contribution in [2.45, 2.75) is 13.5 Å². The number of aliphatic hydroxyl groups excluding tert-OH is 1. The van der Waals surface area contributed by atoms with Gasteiger partial charge < -0.3 is 9.51 Å². The SMILES string of the molecule is Cc1cc(-c2c(CO)cc3ccccn23)ccn1. The minimum Gasteiger partial charge on any atom is -0.392 e. The van der Waals surface area contributed by atoms with Crippen LogP contribution in [0, 0.1) is 6.92 Å². The molecule has 3 aromatic rings. The molecule has 0 atom stereocenters. The lowest BCUT2D eigenvalue weighted by Crippen LogP contribution is -1.92. The third-order valence-corrected chi connectivity index (χ3v) is 3.10. The Labute approximate surface area is 105 Å². The van der Waals surface area contributed by atoms with Crippen molar-refractivity contribution in [3.8, 4) is 11.3 Å². The van der Waals surface area contributed by atoms with E-state index in [4.69, 9.17) is 0 Å². The quantitative estimate of drug-likeness (QED) is 0.745. The van der Waals surface area contributed by atoms with Crippen LogP contribution in [0.3, 0.4) is 0 Å². The van der Waals surface area contributed by atoms with Crippen LogP contribution in [-0.4, -0.2) is 14.5 Å². The smallest absolute Gasteiger partial charge is 0.0703 e. The normalized spacial score (nSPS) is 11.0. The predicted octanol–water partition coefficient (Wildman–Crippen LogP) is 2.80. The molecule has 3 aromatic heterocycles. The fourth-order valence-electron chi connectivity index (χ4n) is 2.32. The van der Waals surface area contributed by atoms with E-state index in [1.807, 2.05) is 49.5 Å². The highest BCUT2D eigenvalue weighted by Gasteiger charge is 2.11. The third kappa shape index (κ3) is 1.69. The Kier molecular flexibility index (Phi) is 2.61. The van der Waals surface area contributed by atoms with Crippen molar-refractivity contribution in [2.24, 2.45) is 0 Å². The summed E-state index contributed by atoms with van der Waals surface area (Å²) in [7, 11) is 0. The molecule has 0 aliphatic rings. The molecule has 0 spiro atoms. The van der Waals surface area contributed by atoms with Gasteiger partial charge in [0, 0.05) is 34.7 Å². The third-order valence-electron chi connectivity index (χ3n) is 3.10. The number of hydrogen-bond acceptors (Lipinski definition) is 2. The molecule has 3 nitrogen and oxygen atoms in total. The zero-order chi connectivity index (χ0) is 12.5. The Morgan fingerprint density at radius 3 is 2.89 bits per heavy atom.